The summed E-state index contributed by atoms with van der Waals surface area (Å²) in [4.78, 5) is 6.57. The van der Waals surface area contributed by atoms with Crippen molar-refractivity contribution >= 4 is 5.69 Å². The fourth-order valence-electron chi connectivity index (χ4n) is 2.30. The zero-order valence-electron chi connectivity index (χ0n) is 11.1. The molecule has 2 heterocycles. The molecule has 0 bridgehead atoms. The van der Waals surface area contributed by atoms with E-state index < -0.39 is 0 Å². The summed E-state index contributed by atoms with van der Waals surface area (Å²) in [6.07, 6.45) is 3.54. The predicted octanol–water partition coefficient (Wildman–Crippen LogP) is 1.54. The molecule has 2 N–H and O–H groups in total. The Bertz CT molecular complexity index is 398. The van der Waals surface area contributed by atoms with Gasteiger partial charge < -0.3 is 20.1 Å². The van der Waals surface area contributed by atoms with Gasteiger partial charge in [0.05, 0.1) is 19.4 Å². The molecular weight excluding hydrogens is 230 g/mol. The van der Waals surface area contributed by atoms with Crippen molar-refractivity contribution in [2.75, 3.05) is 33.0 Å². The number of likely N-dealkylation sites (tertiary alicyclic amines) is 1. The van der Waals surface area contributed by atoms with Crippen molar-refractivity contribution in [1.82, 2.24) is 9.88 Å². The number of hydrogen-bond acceptors (Lipinski definition) is 5. The van der Waals surface area contributed by atoms with Gasteiger partial charge in [-0.1, -0.05) is 0 Å². The van der Waals surface area contributed by atoms with Crippen LogP contribution in [0.3, 0.4) is 0 Å². The van der Waals surface area contributed by atoms with Gasteiger partial charge in [-0.05, 0) is 38.9 Å². The molecule has 18 heavy (non-hydrogen) atoms. The van der Waals surface area contributed by atoms with Gasteiger partial charge in [0.2, 0.25) is 11.8 Å². The number of pyridine rings is 1. The first-order chi connectivity index (χ1) is 8.70. The first kappa shape index (κ1) is 13.0. The lowest BCUT2D eigenvalue weighted by atomic mass is 10.1. The normalized spacial score (nSPS) is 20.0. The highest BCUT2D eigenvalue weighted by Crippen LogP contribution is 2.23. The van der Waals surface area contributed by atoms with Gasteiger partial charge >= 0.3 is 0 Å². The van der Waals surface area contributed by atoms with Crippen LogP contribution in [0.1, 0.15) is 19.3 Å². The third kappa shape index (κ3) is 3.04. The maximum atomic E-state index is 5.81. The molecule has 0 spiro atoms. The van der Waals surface area contributed by atoms with Crippen LogP contribution in [0.2, 0.25) is 0 Å². The molecule has 1 aliphatic rings. The Morgan fingerprint density at radius 3 is 3.00 bits per heavy atom. The topological polar surface area (TPSA) is 60.6 Å². The van der Waals surface area contributed by atoms with Crippen LogP contribution in [0, 0.1) is 0 Å². The minimum Gasteiger partial charge on any atom is -0.481 e. The third-order valence-corrected chi connectivity index (χ3v) is 3.43. The number of hydrogen-bond donors (Lipinski definition) is 1. The van der Waals surface area contributed by atoms with Gasteiger partial charge in [-0.15, -0.1) is 0 Å². The van der Waals surface area contributed by atoms with Gasteiger partial charge in [0.15, 0.2) is 0 Å². The molecule has 1 atom stereocenters. The Balaban J connectivity index is 1.86. The van der Waals surface area contributed by atoms with Crippen LogP contribution in [0.15, 0.2) is 12.1 Å². The van der Waals surface area contributed by atoms with Crippen molar-refractivity contribution in [3.63, 3.8) is 0 Å². The molecule has 0 radical (unpaired) electrons. The molecule has 0 aromatic carbocycles. The van der Waals surface area contributed by atoms with Crippen LogP contribution >= 0.6 is 0 Å². The average molecular weight is 251 g/mol. The van der Waals surface area contributed by atoms with E-state index >= 15 is 0 Å². The lowest BCUT2D eigenvalue weighted by Crippen LogP contribution is -2.26. The molecule has 1 aromatic heterocycles. The van der Waals surface area contributed by atoms with Gasteiger partial charge in [-0.3, -0.25) is 0 Å². The molecule has 1 aromatic rings. The number of ether oxygens (including phenoxy) is 2. The molecule has 1 unspecified atom stereocenters. The molecule has 100 valence electrons. The highest BCUT2D eigenvalue weighted by molar-refractivity contribution is 5.49. The monoisotopic (exact) mass is 251 g/mol. The second kappa shape index (κ2) is 5.91. The molecule has 0 amide bonds. The molecule has 1 saturated heterocycles. The number of aromatic nitrogens is 1. The lowest BCUT2D eigenvalue weighted by molar-refractivity contribution is 0.228. The SMILES string of the molecule is COc1ccc(N)c(OCCC2CCCN2C)n1. The lowest BCUT2D eigenvalue weighted by Gasteiger charge is -2.19. The summed E-state index contributed by atoms with van der Waals surface area (Å²) < 4.78 is 10.7. The third-order valence-electron chi connectivity index (χ3n) is 3.43. The van der Waals surface area contributed by atoms with E-state index in [2.05, 4.69) is 16.9 Å². The zero-order chi connectivity index (χ0) is 13.0. The van der Waals surface area contributed by atoms with E-state index in [9.17, 15) is 0 Å². The molecular formula is C13H21N3O2. The summed E-state index contributed by atoms with van der Waals surface area (Å²) in [6, 6.07) is 4.10. The maximum absolute atomic E-state index is 5.81. The molecule has 1 aliphatic heterocycles. The van der Waals surface area contributed by atoms with Crippen molar-refractivity contribution in [2.24, 2.45) is 0 Å². The largest absolute Gasteiger partial charge is 0.481 e. The highest BCUT2D eigenvalue weighted by Gasteiger charge is 2.20. The van der Waals surface area contributed by atoms with E-state index in [1.165, 1.54) is 19.4 Å². The smallest absolute Gasteiger partial charge is 0.240 e. The molecule has 1 fully saturated rings. The van der Waals surface area contributed by atoms with Crippen molar-refractivity contribution in [3.05, 3.63) is 12.1 Å². The number of rotatable bonds is 5. The second-order valence-corrected chi connectivity index (χ2v) is 4.66. The Hall–Kier alpha value is -1.49. The van der Waals surface area contributed by atoms with E-state index in [1.54, 1.807) is 19.2 Å². The van der Waals surface area contributed by atoms with Crippen molar-refractivity contribution in [2.45, 2.75) is 25.3 Å². The highest BCUT2D eigenvalue weighted by atomic mass is 16.5. The summed E-state index contributed by atoms with van der Waals surface area (Å²) in [7, 11) is 3.74. The van der Waals surface area contributed by atoms with E-state index in [0.717, 1.165) is 6.42 Å². The summed E-state index contributed by atoms with van der Waals surface area (Å²) in [6.45, 7) is 1.82. The van der Waals surface area contributed by atoms with Crippen LogP contribution in [0.5, 0.6) is 11.8 Å². The summed E-state index contributed by atoms with van der Waals surface area (Å²) in [5, 5.41) is 0. The second-order valence-electron chi connectivity index (χ2n) is 4.66. The van der Waals surface area contributed by atoms with Crippen LogP contribution in [0.25, 0.3) is 0 Å². The van der Waals surface area contributed by atoms with Crippen LogP contribution in [-0.2, 0) is 0 Å². The summed E-state index contributed by atoms with van der Waals surface area (Å²) in [5.74, 6) is 0.993. The van der Waals surface area contributed by atoms with Crippen LogP contribution in [-0.4, -0.2) is 43.2 Å². The fourth-order valence-corrected chi connectivity index (χ4v) is 2.30. The van der Waals surface area contributed by atoms with Crippen molar-refractivity contribution in [1.29, 1.82) is 0 Å². The van der Waals surface area contributed by atoms with Gasteiger partial charge in [0, 0.05) is 12.1 Å². The Labute approximate surface area is 108 Å². The first-order valence-corrected chi connectivity index (χ1v) is 6.34. The van der Waals surface area contributed by atoms with Gasteiger partial charge in [0.25, 0.3) is 0 Å². The molecule has 2 rings (SSSR count). The molecule has 5 nitrogen and oxygen atoms in total. The summed E-state index contributed by atoms with van der Waals surface area (Å²) in [5.41, 5.74) is 6.36. The minimum absolute atomic E-state index is 0.468. The maximum Gasteiger partial charge on any atom is 0.240 e. The van der Waals surface area contributed by atoms with Crippen molar-refractivity contribution < 1.29 is 9.47 Å². The summed E-state index contributed by atoms with van der Waals surface area (Å²) >= 11 is 0. The van der Waals surface area contributed by atoms with Gasteiger partial charge in [-0.25, -0.2) is 0 Å². The number of nitrogen functional groups attached to an aromatic ring is 1. The fraction of sp³-hybridized carbons (Fsp3) is 0.615. The number of anilines is 1. The van der Waals surface area contributed by atoms with E-state index in [-0.39, 0.29) is 0 Å². The molecule has 0 aliphatic carbocycles. The van der Waals surface area contributed by atoms with Crippen LogP contribution < -0.4 is 15.2 Å². The van der Waals surface area contributed by atoms with E-state index in [1.807, 2.05) is 0 Å². The zero-order valence-corrected chi connectivity index (χ0v) is 11.1. The number of nitrogens with two attached hydrogens (primary N) is 1. The van der Waals surface area contributed by atoms with Gasteiger partial charge in [-0.2, -0.15) is 4.98 Å². The van der Waals surface area contributed by atoms with E-state index in [0.29, 0.717) is 30.1 Å². The van der Waals surface area contributed by atoms with Crippen molar-refractivity contribution in [3.8, 4) is 11.8 Å². The Morgan fingerprint density at radius 1 is 1.50 bits per heavy atom. The quantitative estimate of drug-likeness (QED) is 0.860. The van der Waals surface area contributed by atoms with Gasteiger partial charge in [0.1, 0.15) is 0 Å². The predicted molar refractivity (Wildman–Crippen MR) is 71.0 cm³/mol. The molecule has 0 saturated carbocycles. The molecule has 5 heteroatoms. The number of nitrogens with zero attached hydrogens (tertiary/aromatic N) is 2. The van der Waals surface area contributed by atoms with Crippen LogP contribution in [0.4, 0.5) is 5.69 Å². The van der Waals surface area contributed by atoms with E-state index in [4.69, 9.17) is 15.2 Å². The number of methoxy groups -OCH3 is 1. The first-order valence-electron chi connectivity index (χ1n) is 6.34. The standard InChI is InChI=1S/C13H21N3O2/c1-16-8-3-4-10(16)7-9-18-13-11(14)5-6-12(15-13)17-2/h5-6,10H,3-4,7-9,14H2,1-2H3. The Kier molecular flexibility index (Phi) is 4.25. The minimum atomic E-state index is 0.468. The Morgan fingerprint density at radius 2 is 2.33 bits per heavy atom. The average Bonchev–Trinajstić information content (AvgIpc) is 2.77.